The molecule has 2 aromatic carbocycles. The van der Waals surface area contributed by atoms with Gasteiger partial charge in [-0.15, -0.1) is 0 Å². The second-order valence-electron chi connectivity index (χ2n) is 5.91. The van der Waals surface area contributed by atoms with Gasteiger partial charge in [-0.1, -0.05) is 92.2 Å². The predicted molar refractivity (Wildman–Crippen MR) is 108 cm³/mol. The van der Waals surface area contributed by atoms with Crippen molar-refractivity contribution in [1.29, 1.82) is 0 Å². The molecule has 2 nitrogen and oxygen atoms in total. The van der Waals surface area contributed by atoms with Gasteiger partial charge in [-0.2, -0.15) is 0 Å². The van der Waals surface area contributed by atoms with Crippen molar-refractivity contribution in [1.82, 2.24) is 0 Å². The van der Waals surface area contributed by atoms with E-state index in [0.717, 1.165) is 23.1 Å². The van der Waals surface area contributed by atoms with Crippen LogP contribution in [0.3, 0.4) is 0 Å². The zero-order valence-electron chi connectivity index (χ0n) is 15.5. The van der Waals surface area contributed by atoms with Crippen molar-refractivity contribution in [3.05, 3.63) is 94.5 Å². The lowest BCUT2D eigenvalue weighted by molar-refractivity contribution is -0.153. The number of hydrogen-bond donors (Lipinski definition) is 0. The van der Waals surface area contributed by atoms with Gasteiger partial charge in [-0.25, -0.2) is 0 Å². The Morgan fingerprint density at radius 2 is 1.73 bits per heavy atom. The summed E-state index contributed by atoms with van der Waals surface area (Å²) >= 11 is 6.58. The minimum absolute atomic E-state index is 0.280. The summed E-state index contributed by atoms with van der Waals surface area (Å²) in [5.41, 5.74) is 1.40. The number of carbonyl (C=O) groups is 1. The van der Waals surface area contributed by atoms with Gasteiger partial charge in [0.2, 0.25) is 0 Å². The zero-order valence-corrected chi connectivity index (χ0v) is 16.3. The van der Waals surface area contributed by atoms with Crippen LogP contribution in [0, 0.1) is 0 Å². The second kappa shape index (κ2) is 9.40. The van der Waals surface area contributed by atoms with E-state index in [9.17, 15) is 4.79 Å². The maximum atomic E-state index is 12.5. The molecule has 2 rings (SSSR count). The third kappa shape index (κ3) is 4.08. The lowest BCUT2D eigenvalue weighted by atomic mass is 9.79. The lowest BCUT2D eigenvalue weighted by Gasteiger charge is -2.36. The Labute approximate surface area is 161 Å². The molecule has 0 amide bonds. The summed E-state index contributed by atoms with van der Waals surface area (Å²) in [6, 6.07) is 17.3. The van der Waals surface area contributed by atoms with Crippen LogP contribution < -0.4 is 0 Å². The van der Waals surface area contributed by atoms with Crippen LogP contribution in [-0.2, 0) is 15.1 Å². The number of allylic oxidation sites excluding steroid dienone is 2. The van der Waals surface area contributed by atoms with Crippen LogP contribution in [-0.4, -0.2) is 5.97 Å². The number of halogens is 1. The highest BCUT2D eigenvalue weighted by Gasteiger charge is 2.42. The molecule has 0 radical (unpaired) electrons. The van der Waals surface area contributed by atoms with E-state index >= 15 is 0 Å². The molecule has 0 saturated heterocycles. The molecule has 0 spiro atoms. The summed E-state index contributed by atoms with van der Waals surface area (Å²) in [5.74, 6) is -0.280. The van der Waals surface area contributed by atoms with Crippen LogP contribution in [0.4, 0.5) is 0 Å². The van der Waals surface area contributed by atoms with E-state index in [1.54, 1.807) is 6.92 Å². The lowest BCUT2D eigenvalue weighted by Crippen LogP contribution is -2.36. The van der Waals surface area contributed by atoms with Gasteiger partial charge < -0.3 is 4.74 Å². The van der Waals surface area contributed by atoms with Gasteiger partial charge >= 0.3 is 5.97 Å². The van der Waals surface area contributed by atoms with Crippen LogP contribution in [0.5, 0.6) is 0 Å². The molecular formula is C23H25ClO2. The number of carbonyl (C=O) groups excluding carboxylic acids is 1. The molecular weight excluding hydrogens is 344 g/mol. The van der Waals surface area contributed by atoms with Crippen molar-refractivity contribution in [2.45, 2.75) is 39.2 Å². The molecule has 0 saturated carbocycles. The summed E-state index contributed by atoms with van der Waals surface area (Å²) in [7, 11) is 0. The third-order valence-corrected chi connectivity index (χ3v) is 4.57. The topological polar surface area (TPSA) is 26.3 Å². The summed E-state index contributed by atoms with van der Waals surface area (Å²) < 4.78 is 6.15. The molecule has 3 heteroatoms. The average molecular weight is 369 g/mol. The van der Waals surface area contributed by atoms with E-state index < -0.39 is 5.60 Å². The highest BCUT2D eigenvalue weighted by molar-refractivity contribution is 6.31. The molecule has 0 aliphatic carbocycles. The monoisotopic (exact) mass is 368 g/mol. The summed E-state index contributed by atoms with van der Waals surface area (Å²) in [6.07, 6.45) is 7.22. The maximum Gasteiger partial charge on any atom is 0.307 e. The van der Waals surface area contributed by atoms with Gasteiger partial charge in [0.1, 0.15) is 0 Å². The Morgan fingerprint density at radius 1 is 1.08 bits per heavy atom. The van der Waals surface area contributed by atoms with Gasteiger partial charge in [-0.05, 0) is 19.4 Å². The van der Waals surface area contributed by atoms with Crippen molar-refractivity contribution in [3.8, 4) is 0 Å². The Balaban J connectivity index is 2.85. The number of benzene rings is 2. The molecule has 1 atom stereocenters. The van der Waals surface area contributed by atoms with Gasteiger partial charge in [0.05, 0.1) is 0 Å². The van der Waals surface area contributed by atoms with Crippen molar-refractivity contribution >= 4 is 17.6 Å². The summed E-state index contributed by atoms with van der Waals surface area (Å²) in [6.45, 7) is 5.81. The SMILES string of the molecule is C/C=C(\C=C/CC)C(OC(=O)CC)(c1ccccc1)c1ccccc1Cl. The Bertz CT molecular complexity index is 793. The standard InChI is InChI=1S/C23H25ClO2/c1-4-7-13-18(5-2)23(26-22(25)6-3,19-14-9-8-10-15-19)20-16-11-12-17-21(20)24/h5,7-17H,4,6H2,1-3H3/b13-7-,18-5+. The molecule has 0 N–H and O–H groups in total. The smallest absolute Gasteiger partial charge is 0.307 e. The molecule has 0 aliphatic rings. The number of hydrogen-bond acceptors (Lipinski definition) is 2. The molecule has 136 valence electrons. The van der Waals surface area contributed by atoms with Gasteiger partial charge in [0.25, 0.3) is 0 Å². The van der Waals surface area contributed by atoms with E-state index in [1.165, 1.54) is 0 Å². The van der Waals surface area contributed by atoms with Gasteiger partial charge in [0.15, 0.2) is 5.60 Å². The zero-order chi connectivity index (χ0) is 19.0. The van der Waals surface area contributed by atoms with E-state index in [1.807, 2.05) is 73.7 Å². The minimum atomic E-state index is -1.09. The highest BCUT2D eigenvalue weighted by atomic mass is 35.5. The van der Waals surface area contributed by atoms with Crippen LogP contribution >= 0.6 is 11.6 Å². The fourth-order valence-electron chi connectivity index (χ4n) is 2.97. The first-order valence-corrected chi connectivity index (χ1v) is 9.33. The molecule has 0 bridgehead atoms. The van der Waals surface area contributed by atoms with Crippen LogP contribution in [0.25, 0.3) is 0 Å². The Hall–Kier alpha value is -2.32. The number of ether oxygens (including phenoxy) is 1. The molecule has 1 unspecified atom stereocenters. The van der Waals surface area contributed by atoms with Crippen LogP contribution in [0.15, 0.2) is 78.4 Å². The first-order valence-electron chi connectivity index (χ1n) is 8.95. The molecule has 0 aliphatic heterocycles. The molecule has 26 heavy (non-hydrogen) atoms. The Kier molecular flexibility index (Phi) is 7.23. The second-order valence-corrected chi connectivity index (χ2v) is 6.32. The number of esters is 1. The largest absolute Gasteiger partial charge is 0.444 e. The number of rotatable bonds is 7. The maximum absolute atomic E-state index is 12.5. The molecule has 0 heterocycles. The molecule has 0 fully saturated rings. The van der Waals surface area contributed by atoms with Crippen molar-refractivity contribution in [2.75, 3.05) is 0 Å². The van der Waals surface area contributed by atoms with Crippen molar-refractivity contribution in [3.63, 3.8) is 0 Å². The predicted octanol–water partition coefficient (Wildman–Crippen LogP) is 6.45. The van der Waals surface area contributed by atoms with Crippen molar-refractivity contribution in [2.24, 2.45) is 0 Å². The Morgan fingerprint density at radius 3 is 2.31 bits per heavy atom. The average Bonchev–Trinajstić information content (AvgIpc) is 2.68. The normalized spacial score (nSPS) is 14.2. The molecule has 2 aromatic rings. The minimum Gasteiger partial charge on any atom is -0.444 e. The third-order valence-electron chi connectivity index (χ3n) is 4.24. The van der Waals surface area contributed by atoms with Crippen LogP contribution in [0.2, 0.25) is 5.02 Å². The quantitative estimate of drug-likeness (QED) is 0.414. The summed E-state index contributed by atoms with van der Waals surface area (Å²) in [4.78, 5) is 12.5. The van der Waals surface area contributed by atoms with Gasteiger partial charge in [0, 0.05) is 28.1 Å². The first kappa shape index (κ1) is 20.0. The van der Waals surface area contributed by atoms with Crippen molar-refractivity contribution < 1.29 is 9.53 Å². The van der Waals surface area contributed by atoms with Gasteiger partial charge in [-0.3, -0.25) is 4.79 Å². The van der Waals surface area contributed by atoms with E-state index in [2.05, 4.69) is 13.0 Å². The van der Waals surface area contributed by atoms with E-state index in [4.69, 9.17) is 16.3 Å². The fourth-order valence-corrected chi connectivity index (χ4v) is 3.24. The fraction of sp³-hybridized carbons (Fsp3) is 0.261. The first-order chi connectivity index (χ1) is 12.6. The highest BCUT2D eigenvalue weighted by Crippen LogP contribution is 2.44. The van der Waals surface area contributed by atoms with E-state index in [-0.39, 0.29) is 12.4 Å². The molecule has 0 aromatic heterocycles. The van der Waals surface area contributed by atoms with E-state index in [0.29, 0.717) is 5.02 Å². The summed E-state index contributed by atoms with van der Waals surface area (Å²) in [5, 5.41) is 0.560. The van der Waals surface area contributed by atoms with Crippen LogP contribution in [0.1, 0.15) is 44.7 Å².